The smallest absolute Gasteiger partial charge is 0.161 e. The molecule has 6 heteroatoms. The fourth-order valence-electron chi connectivity index (χ4n) is 2.97. The van der Waals surface area contributed by atoms with Crippen LogP contribution in [0.5, 0.6) is 11.5 Å². The van der Waals surface area contributed by atoms with Gasteiger partial charge in [0.25, 0.3) is 0 Å². The van der Waals surface area contributed by atoms with Crippen molar-refractivity contribution >= 4 is 22.6 Å². The molecule has 28 heavy (non-hydrogen) atoms. The van der Waals surface area contributed by atoms with Gasteiger partial charge >= 0.3 is 0 Å². The standard InChI is InChI=1S/C22H18ClNO4/c1-25-20-7-5-14(10-22(20)26-2)21-12-18(24-13-16-4-3-9-27-16)17-11-15(23)6-8-19(17)28-21/h3-12H,13H2,1-2H3. The summed E-state index contributed by atoms with van der Waals surface area (Å²) < 4.78 is 22.2. The second kappa shape index (κ2) is 7.82. The summed E-state index contributed by atoms with van der Waals surface area (Å²) in [5.41, 5.74) is 1.54. The Morgan fingerprint density at radius 2 is 1.82 bits per heavy atom. The number of ether oxygens (including phenoxy) is 2. The van der Waals surface area contributed by atoms with Gasteiger partial charge in [-0.2, -0.15) is 0 Å². The van der Waals surface area contributed by atoms with Crippen LogP contribution in [0.4, 0.5) is 0 Å². The van der Waals surface area contributed by atoms with Crippen LogP contribution >= 0.6 is 11.6 Å². The summed E-state index contributed by atoms with van der Waals surface area (Å²) in [6, 6.07) is 16.7. The molecule has 0 aliphatic heterocycles. The zero-order valence-electron chi connectivity index (χ0n) is 15.4. The molecule has 0 aliphatic rings. The van der Waals surface area contributed by atoms with Gasteiger partial charge in [-0.05, 0) is 48.5 Å². The number of hydrogen-bond acceptors (Lipinski definition) is 5. The molecule has 0 aliphatic carbocycles. The molecule has 4 aromatic rings. The lowest BCUT2D eigenvalue weighted by Crippen LogP contribution is -2.04. The van der Waals surface area contributed by atoms with Crippen LogP contribution in [0, 0.1) is 0 Å². The van der Waals surface area contributed by atoms with Crippen molar-refractivity contribution in [2.24, 2.45) is 4.99 Å². The zero-order chi connectivity index (χ0) is 19.5. The number of furan rings is 1. The second-order valence-corrected chi connectivity index (χ2v) is 6.54. The molecular formula is C22H18ClNO4. The molecule has 0 bridgehead atoms. The maximum Gasteiger partial charge on any atom is 0.161 e. The van der Waals surface area contributed by atoms with E-state index in [1.54, 1.807) is 26.5 Å². The largest absolute Gasteiger partial charge is 0.493 e. The van der Waals surface area contributed by atoms with Gasteiger partial charge in [-0.3, -0.25) is 4.99 Å². The Kier molecular flexibility index (Phi) is 5.08. The van der Waals surface area contributed by atoms with Gasteiger partial charge in [0.05, 0.1) is 32.4 Å². The molecule has 0 fully saturated rings. The molecule has 0 spiro atoms. The first-order valence-electron chi connectivity index (χ1n) is 8.66. The Balaban J connectivity index is 1.88. The number of hydrogen-bond donors (Lipinski definition) is 0. The van der Waals surface area contributed by atoms with Crippen LogP contribution in [-0.4, -0.2) is 14.2 Å². The van der Waals surface area contributed by atoms with E-state index >= 15 is 0 Å². The number of nitrogens with zero attached hydrogens (tertiary/aromatic N) is 1. The predicted molar refractivity (Wildman–Crippen MR) is 108 cm³/mol. The first-order valence-corrected chi connectivity index (χ1v) is 9.04. The Bertz CT molecular complexity index is 1180. The Morgan fingerprint density at radius 1 is 0.964 bits per heavy atom. The van der Waals surface area contributed by atoms with Crippen LogP contribution in [0.1, 0.15) is 5.76 Å². The molecule has 5 nitrogen and oxygen atoms in total. The van der Waals surface area contributed by atoms with Crippen molar-refractivity contribution in [2.45, 2.75) is 6.54 Å². The van der Waals surface area contributed by atoms with Gasteiger partial charge in [0.2, 0.25) is 0 Å². The van der Waals surface area contributed by atoms with E-state index in [1.807, 2.05) is 48.5 Å². The monoisotopic (exact) mass is 395 g/mol. The van der Waals surface area contributed by atoms with E-state index in [0.717, 1.165) is 22.1 Å². The topological polar surface area (TPSA) is 57.1 Å². The zero-order valence-corrected chi connectivity index (χ0v) is 16.2. The second-order valence-electron chi connectivity index (χ2n) is 6.10. The van der Waals surface area contributed by atoms with Crippen molar-refractivity contribution in [3.05, 3.63) is 77.0 Å². The van der Waals surface area contributed by atoms with Crippen molar-refractivity contribution in [3.8, 4) is 22.8 Å². The minimum Gasteiger partial charge on any atom is -0.493 e. The van der Waals surface area contributed by atoms with Crippen LogP contribution in [0.2, 0.25) is 5.02 Å². The van der Waals surface area contributed by atoms with Crippen LogP contribution in [0.3, 0.4) is 0 Å². The number of benzene rings is 2. The van der Waals surface area contributed by atoms with E-state index in [2.05, 4.69) is 0 Å². The number of methoxy groups -OCH3 is 2. The number of rotatable bonds is 5. The summed E-state index contributed by atoms with van der Waals surface area (Å²) in [5, 5.41) is 2.23. The molecule has 0 radical (unpaired) electrons. The lowest BCUT2D eigenvalue weighted by molar-refractivity contribution is 0.355. The molecule has 0 unspecified atom stereocenters. The first-order chi connectivity index (χ1) is 13.7. The van der Waals surface area contributed by atoms with E-state index in [9.17, 15) is 0 Å². The van der Waals surface area contributed by atoms with Crippen molar-refractivity contribution in [1.82, 2.24) is 0 Å². The normalized spacial score (nSPS) is 11.8. The van der Waals surface area contributed by atoms with E-state index < -0.39 is 0 Å². The van der Waals surface area contributed by atoms with Crippen LogP contribution in [-0.2, 0) is 6.54 Å². The average Bonchev–Trinajstić information content (AvgIpc) is 3.25. The third-order valence-corrected chi connectivity index (χ3v) is 4.59. The van der Waals surface area contributed by atoms with Gasteiger partial charge in [-0.1, -0.05) is 11.6 Å². The quantitative estimate of drug-likeness (QED) is 0.450. The lowest BCUT2D eigenvalue weighted by Gasteiger charge is -2.10. The first kappa shape index (κ1) is 18.2. The SMILES string of the molecule is COc1ccc(-c2cc(=NCc3ccco3)c3cc(Cl)ccc3o2)cc1OC. The van der Waals surface area contributed by atoms with Crippen molar-refractivity contribution in [3.63, 3.8) is 0 Å². The maximum atomic E-state index is 6.19. The number of fused-ring (bicyclic) bond motifs is 1. The predicted octanol–water partition coefficient (Wildman–Crippen LogP) is 5.46. The molecule has 2 heterocycles. The molecule has 142 valence electrons. The minimum absolute atomic E-state index is 0.421. The highest BCUT2D eigenvalue weighted by atomic mass is 35.5. The van der Waals surface area contributed by atoms with Crippen LogP contribution in [0.25, 0.3) is 22.3 Å². The van der Waals surface area contributed by atoms with E-state index in [1.165, 1.54) is 0 Å². The molecule has 0 saturated heterocycles. The van der Waals surface area contributed by atoms with Crippen molar-refractivity contribution in [2.75, 3.05) is 14.2 Å². The molecule has 2 aromatic carbocycles. The lowest BCUT2D eigenvalue weighted by atomic mass is 10.1. The highest BCUT2D eigenvalue weighted by molar-refractivity contribution is 6.31. The van der Waals surface area contributed by atoms with Gasteiger partial charge < -0.3 is 18.3 Å². The third-order valence-electron chi connectivity index (χ3n) is 4.36. The van der Waals surface area contributed by atoms with Gasteiger partial charge in [0.1, 0.15) is 17.1 Å². The minimum atomic E-state index is 0.421. The fourth-order valence-corrected chi connectivity index (χ4v) is 3.14. The molecule has 4 rings (SSSR count). The highest BCUT2D eigenvalue weighted by Crippen LogP contribution is 2.33. The summed E-state index contributed by atoms with van der Waals surface area (Å²) >= 11 is 6.19. The Morgan fingerprint density at radius 3 is 2.57 bits per heavy atom. The molecule has 0 saturated carbocycles. The van der Waals surface area contributed by atoms with Crippen LogP contribution < -0.4 is 14.8 Å². The van der Waals surface area contributed by atoms with E-state index in [-0.39, 0.29) is 0 Å². The molecule has 0 amide bonds. The van der Waals surface area contributed by atoms with Crippen LogP contribution in [0.15, 0.2) is 74.7 Å². The highest BCUT2D eigenvalue weighted by Gasteiger charge is 2.11. The third kappa shape index (κ3) is 3.62. The van der Waals surface area contributed by atoms with Crippen molar-refractivity contribution < 1.29 is 18.3 Å². The summed E-state index contributed by atoms with van der Waals surface area (Å²) in [6.07, 6.45) is 1.63. The summed E-state index contributed by atoms with van der Waals surface area (Å²) in [6.45, 7) is 0.421. The molecule has 0 atom stereocenters. The molecular weight excluding hydrogens is 378 g/mol. The Labute approximate surface area is 166 Å². The van der Waals surface area contributed by atoms with Gasteiger partial charge in [0.15, 0.2) is 11.5 Å². The summed E-state index contributed by atoms with van der Waals surface area (Å²) in [5.74, 6) is 2.72. The maximum absolute atomic E-state index is 6.19. The average molecular weight is 396 g/mol. The van der Waals surface area contributed by atoms with E-state index in [4.69, 9.17) is 34.9 Å². The van der Waals surface area contributed by atoms with Gasteiger partial charge in [-0.15, -0.1) is 0 Å². The van der Waals surface area contributed by atoms with Gasteiger partial charge in [0, 0.05) is 22.0 Å². The summed E-state index contributed by atoms with van der Waals surface area (Å²) in [4.78, 5) is 4.71. The molecule has 0 N–H and O–H groups in total. The summed E-state index contributed by atoms with van der Waals surface area (Å²) in [7, 11) is 3.21. The van der Waals surface area contributed by atoms with Crippen molar-refractivity contribution in [1.29, 1.82) is 0 Å². The number of halogens is 1. The molecule has 2 aromatic heterocycles. The van der Waals surface area contributed by atoms with Gasteiger partial charge in [-0.25, -0.2) is 0 Å². The fraction of sp³-hybridized carbons (Fsp3) is 0.136. The Hall–Kier alpha value is -3.18. The van der Waals surface area contributed by atoms with E-state index in [0.29, 0.717) is 34.4 Å².